The van der Waals surface area contributed by atoms with Crippen LogP contribution in [0, 0.1) is 0 Å². The fraction of sp³-hybridized carbons (Fsp3) is 0.143. The van der Waals surface area contributed by atoms with Gasteiger partial charge in [0.1, 0.15) is 6.10 Å². The van der Waals surface area contributed by atoms with Crippen LogP contribution in [0.3, 0.4) is 0 Å². The molecular formula is C14H11ClF2O. The summed E-state index contributed by atoms with van der Waals surface area (Å²) in [4.78, 5) is 0. The summed E-state index contributed by atoms with van der Waals surface area (Å²) in [5, 5.41) is 10.2. The second-order valence-corrected chi connectivity index (χ2v) is 4.38. The van der Waals surface area contributed by atoms with Crippen LogP contribution in [-0.2, 0) is 5.92 Å². The molecule has 0 saturated heterocycles. The van der Waals surface area contributed by atoms with Gasteiger partial charge in [0, 0.05) is 10.6 Å². The molecule has 0 aliphatic rings. The van der Waals surface area contributed by atoms with Crippen LogP contribution >= 0.6 is 11.6 Å². The Labute approximate surface area is 109 Å². The van der Waals surface area contributed by atoms with Crippen LogP contribution < -0.4 is 0 Å². The maximum atomic E-state index is 14.1. The summed E-state index contributed by atoms with van der Waals surface area (Å²) >= 11 is 5.68. The van der Waals surface area contributed by atoms with Gasteiger partial charge in [0.2, 0.25) is 0 Å². The van der Waals surface area contributed by atoms with Crippen molar-refractivity contribution in [1.82, 2.24) is 0 Å². The molecular weight excluding hydrogens is 258 g/mol. The third-order valence-corrected chi connectivity index (χ3v) is 2.94. The van der Waals surface area contributed by atoms with Crippen LogP contribution in [0.5, 0.6) is 0 Å². The van der Waals surface area contributed by atoms with E-state index in [1.807, 2.05) is 0 Å². The van der Waals surface area contributed by atoms with E-state index in [9.17, 15) is 13.9 Å². The van der Waals surface area contributed by atoms with Crippen molar-refractivity contribution >= 4 is 11.6 Å². The van der Waals surface area contributed by atoms with Gasteiger partial charge in [-0.2, -0.15) is 8.78 Å². The van der Waals surface area contributed by atoms with Gasteiger partial charge in [0.25, 0.3) is 0 Å². The fourth-order valence-electron chi connectivity index (χ4n) is 1.67. The van der Waals surface area contributed by atoms with E-state index in [2.05, 4.69) is 0 Å². The van der Waals surface area contributed by atoms with Crippen LogP contribution in [0.2, 0.25) is 5.02 Å². The van der Waals surface area contributed by atoms with Crippen LogP contribution in [0.25, 0.3) is 0 Å². The first-order chi connectivity index (χ1) is 8.51. The normalized spacial score (nSPS) is 13.3. The molecule has 2 aromatic rings. The summed E-state index contributed by atoms with van der Waals surface area (Å²) in [5.41, 5.74) is -0.0827. The summed E-state index contributed by atoms with van der Waals surface area (Å²) in [7, 11) is 0. The van der Waals surface area contributed by atoms with E-state index in [1.165, 1.54) is 48.5 Å². The van der Waals surface area contributed by atoms with E-state index in [1.54, 1.807) is 6.07 Å². The van der Waals surface area contributed by atoms with E-state index in [-0.39, 0.29) is 11.1 Å². The SMILES string of the molecule is OC(c1ccc(Cl)cc1)C(F)(F)c1ccccc1. The Hall–Kier alpha value is -1.45. The number of halogens is 3. The Balaban J connectivity index is 2.32. The van der Waals surface area contributed by atoms with Crippen molar-refractivity contribution in [2.24, 2.45) is 0 Å². The van der Waals surface area contributed by atoms with Gasteiger partial charge in [-0.1, -0.05) is 54.1 Å². The maximum absolute atomic E-state index is 14.1. The zero-order valence-corrected chi connectivity index (χ0v) is 10.1. The number of aliphatic hydroxyl groups is 1. The van der Waals surface area contributed by atoms with Crippen LogP contribution in [0.1, 0.15) is 17.2 Å². The lowest BCUT2D eigenvalue weighted by Crippen LogP contribution is -2.23. The largest absolute Gasteiger partial charge is 0.382 e. The summed E-state index contributed by atoms with van der Waals surface area (Å²) in [6.07, 6.45) is -1.89. The first-order valence-corrected chi connectivity index (χ1v) is 5.76. The molecule has 94 valence electrons. The quantitative estimate of drug-likeness (QED) is 0.886. The van der Waals surface area contributed by atoms with E-state index >= 15 is 0 Å². The van der Waals surface area contributed by atoms with Gasteiger partial charge in [-0.3, -0.25) is 0 Å². The van der Waals surface area contributed by atoms with Crippen molar-refractivity contribution in [2.45, 2.75) is 12.0 Å². The highest BCUT2D eigenvalue weighted by Crippen LogP contribution is 2.40. The van der Waals surface area contributed by atoms with E-state index in [0.29, 0.717) is 5.02 Å². The molecule has 0 amide bonds. The molecule has 1 unspecified atom stereocenters. The first-order valence-electron chi connectivity index (χ1n) is 5.38. The van der Waals surface area contributed by atoms with Gasteiger partial charge >= 0.3 is 5.92 Å². The van der Waals surface area contributed by atoms with Gasteiger partial charge in [0.15, 0.2) is 0 Å². The second kappa shape index (κ2) is 5.04. The number of hydrogen-bond acceptors (Lipinski definition) is 1. The zero-order chi connectivity index (χ0) is 13.2. The third-order valence-electron chi connectivity index (χ3n) is 2.69. The van der Waals surface area contributed by atoms with E-state index in [0.717, 1.165) is 0 Å². The summed E-state index contributed by atoms with van der Waals surface area (Å²) in [5.74, 6) is -3.34. The topological polar surface area (TPSA) is 20.2 Å². The molecule has 0 saturated carbocycles. The average molecular weight is 269 g/mol. The molecule has 0 aromatic heterocycles. The number of rotatable bonds is 3. The molecule has 0 heterocycles. The molecule has 2 aromatic carbocycles. The molecule has 1 N–H and O–H groups in total. The molecule has 0 aliphatic carbocycles. The minimum Gasteiger partial charge on any atom is -0.382 e. The van der Waals surface area contributed by atoms with Gasteiger partial charge in [0.05, 0.1) is 0 Å². The van der Waals surface area contributed by atoms with Crippen molar-refractivity contribution in [3.63, 3.8) is 0 Å². The number of benzene rings is 2. The lowest BCUT2D eigenvalue weighted by atomic mass is 9.97. The van der Waals surface area contributed by atoms with Crippen LogP contribution in [0.15, 0.2) is 54.6 Å². The standard InChI is InChI=1S/C14H11ClF2O/c15-12-8-6-10(7-9-12)13(18)14(16,17)11-4-2-1-3-5-11/h1-9,13,18H. The lowest BCUT2D eigenvalue weighted by molar-refractivity contribution is -0.117. The minimum atomic E-state index is -3.34. The molecule has 1 atom stereocenters. The fourth-order valence-corrected chi connectivity index (χ4v) is 1.80. The molecule has 0 spiro atoms. The van der Waals surface area contributed by atoms with Gasteiger partial charge < -0.3 is 5.11 Å². The summed E-state index contributed by atoms with van der Waals surface area (Å²) in [6, 6.07) is 13.0. The molecule has 2 rings (SSSR count). The average Bonchev–Trinajstić information content (AvgIpc) is 2.40. The summed E-state index contributed by atoms with van der Waals surface area (Å²) in [6.45, 7) is 0. The molecule has 1 nitrogen and oxygen atoms in total. The van der Waals surface area contributed by atoms with Gasteiger partial charge in [-0.05, 0) is 17.7 Å². The first kappa shape index (κ1) is 13.0. The molecule has 0 bridgehead atoms. The predicted octanol–water partition coefficient (Wildman–Crippen LogP) is 4.17. The highest BCUT2D eigenvalue weighted by atomic mass is 35.5. The minimum absolute atomic E-state index is 0.133. The lowest BCUT2D eigenvalue weighted by Gasteiger charge is -2.23. The molecule has 0 aliphatic heterocycles. The molecule has 0 fully saturated rings. The van der Waals surface area contributed by atoms with Crippen molar-refractivity contribution in [3.05, 3.63) is 70.7 Å². The smallest absolute Gasteiger partial charge is 0.302 e. The Morgan fingerprint density at radius 2 is 1.50 bits per heavy atom. The number of alkyl halides is 2. The molecule has 4 heteroatoms. The Morgan fingerprint density at radius 1 is 0.944 bits per heavy atom. The van der Waals surface area contributed by atoms with Crippen molar-refractivity contribution in [3.8, 4) is 0 Å². The van der Waals surface area contributed by atoms with Crippen LogP contribution in [0.4, 0.5) is 8.78 Å². The monoisotopic (exact) mass is 268 g/mol. The Kier molecular flexibility index (Phi) is 3.64. The number of aliphatic hydroxyl groups excluding tert-OH is 1. The van der Waals surface area contributed by atoms with E-state index in [4.69, 9.17) is 11.6 Å². The number of hydrogen-bond donors (Lipinski definition) is 1. The molecule has 0 radical (unpaired) electrons. The highest BCUT2D eigenvalue weighted by Gasteiger charge is 2.41. The van der Waals surface area contributed by atoms with Gasteiger partial charge in [-0.15, -0.1) is 0 Å². The Morgan fingerprint density at radius 3 is 2.06 bits per heavy atom. The predicted molar refractivity (Wildman–Crippen MR) is 66.7 cm³/mol. The maximum Gasteiger partial charge on any atom is 0.302 e. The highest BCUT2D eigenvalue weighted by molar-refractivity contribution is 6.30. The zero-order valence-electron chi connectivity index (χ0n) is 9.35. The third kappa shape index (κ3) is 2.52. The van der Waals surface area contributed by atoms with Gasteiger partial charge in [-0.25, -0.2) is 0 Å². The van der Waals surface area contributed by atoms with Crippen molar-refractivity contribution in [2.75, 3.05) is 0 Å². The summed E-state index contributed by atoms with van der Waals surface area (Å²) < 4.78 is 28.1. The second-order valence-electron chi connectivity index (χ2n) is 3.94. The van der Waals surface area contributed by atoms with E-state index < -0.39 is 12.0 Å². The molecule has 18 heavy (non-hydrogen) atoms. The van der Waals surface area contributed by atoms with Crippen molar-refractivity contribution < 1.29 is 13.9 Å². The Bertz CT molecular complexity index is 511. The van der Waals surface area contributed by atoms with Crippen molar-refractivity contribution in [1.29, 1.82) is 0 Å². The van der Waals surface area contributed by atoms with Crippen LogP contribution in [-0.4, -0.2) is 5.11 Å².